The summed E-state index contributed by atoms with van der Waals surface area (Å²) in [7, 11) is 0. The Morgan fingerprint density at radius 1 is 1.08 bits per heavy atom. The smallest absolute Gasteiger partial charge is 0.416 e. The first-order valence-electron chi connectivity index (χ1n) is 12.3. The van der Waals surface area contributed by atoms with Gasteiger partial charge in [0.1, 0.15) is 23.4 Å². The number of aromatic nitrogens is 1. The van der Waals surface area contributed by atoms with E-state index in [2.05, 4.69) is 27.0 Å². The summed E-state index contributed by atoms with van der Waals surface area (Å²) in [5.41, 5.74) is 3.12. The fourth-order valence-electron chi connectivity index (χ4n) is 4.61. The fourth-order valence-corrected chi connectivity index (χ4v) is 4.97. The van der Waals surface area contributed by atoms with Crippen molar-refractivity contribution in [1.82, 2.24) is 9.88 Å². The molecule has 0 fully saturated rings. The molecule has 1 aromatic heterocycles. The lowest BCUT2D eigenvalue weighted by Gasteiger charge is -2.35. The van der Waals surface area contributed by atoms with Crippen LogP contribution in [-0.4, -0.2) is 52.6 Å². The van der Waals surface area contributed by atoms with Crippen molar-refractivity contribution >= 4 is 32.9 Å². The van der Waals surface area contributed by atoms with Crippen LogP contribution in [0.15, 0.2) is 71.2 Å². The van der Waals surface area contributed by atoms with Gasteiger partial charge in [0.25, 0.3) is 0 Å². The molecule has 0 bridgehead atoms. The molecule has 1 amide bonds. The van der Waals surface area contributed by atoms with E-state index in [0.29, 0.717) is 18.7 Å². The van der Waals surface area contributed by atoms with E-state index in [0.717, 1.165) is 32.2 Å². The van der Waals surface area contributed by atoms with Gasteiger partial charge in [-0.05, 0) is 72.1 Å². The third-order valence-corrected chi connectivity index (χ3v) is 7.38. The number of fused-ring (bicyclic) bond motifs is 3. The summed E-state index contributed by atoms with van der Waals surface area (Å²) in [5.74, 6) is 0.440. The molecule has 4 aromatic rings. The number of nitrogens with one attached hydrogen (secondary N) is 1. The molecule has 0 radical (unpaired) electrons. The molecular weight excluding hydrogens is 555 g/mol. The maximum Gasteiger partial charge on any atom is 0.416 e. The molecule has 0 spiro atoms. The van der Waals surface area contributed by atoms with Gasteiger partial charge in [0, 0.05) is 33.0 Å². The minimum atomic E-state index is -0.753. The minimum absolute atomic E-state index is 0.153. The topological polar surface area (TPSA) is 95.0 Å². The summed E-state index contributed by atoms with van der Waals surface area (Å²) in [4.78, 5) is 18.6. The molecule has 0 saturated carbocycles. The predicted molar refractivity (Wildman–Crippen MR) is 145 cm³/mol. The molecule has 38 heavy (non-hydrogen) atoms. The molecule has 1 aliphatic heterocycles. The van der Waals surface area contributed by atoms with Gasteiger partial charge < -0.3 is 24.7 Å². The lowest BCUT2D eigenvalue weighted by molar-refractivity contribution is 0.0287. The molecule has 0 saturated heterocycles. The summed E-state index contributed by atoms with van der Waals surface area (Å²) in [6.07, 6.45) is 0.109. The number of halogens is 2. The lowest BCUT2D eigenvalue weighted by atomic mass is 9.92. The Balaban J connectivity index is 1.48. The first-order chi connectivity index (χ1) is 18.3. The Morgan fingerprint density at radius 3 is 2.45 bits per heavy atom. The SMILES string of the molecule is CC(CO)(CO)COc1ccc(C2c3[nH]c4ccc(Br)cc4c3CCN2C(=O)Oc2ccc(F)cc2)cc1. The second-order valence-electron chi connectivity index (χ2n) is 9.86. The molecule has 3 aromatic carbocycles. The molecule has 198 valence electrons. The third kappa shape index (κ3) is 5.27. The van der Waals surface area contributed by atoms with Gasteiger partial charge in [-0.2, -0.15) is 0 Å². The second-order valence-corrected chi connectivity index (χ2v) is 10.8. The van der Waals surface area contributed by atoms with Gasteiger partial charge in [-0.3, -0.25) is 4.90 Å². The molecule has 1 atom stereocenters. The van der Waals surface area contributed by atoms with Gasteiger partial charge in [-0.25, -0.2) is 9.18 Å². The zero-order chi connectivity index (χ0) is 26.9. The average molecular weight is 583 g/mol. The number of nitrogens with zero attached hydrogens (tertiary/aromatic N) is 1. The van der Waals surface area contributed by atoms with Crippen LogP contribution in [-0.2, 0) is 6.42 Å². The summed E-state index contributed by atoms with van der Waals surface area (Å²) >= 11 is 3.56. The number of aliphatic hydroxyl groups excluding tert-OH is 2. The number of H-pyrrole nitrogens is 1. The van der Waals surface area contributed by atoms with Crippen molar-refractivity contribution < 1.29 is 28.9 Å². The molecule has 3 N–H and O–H groups in total. The number of carbonyl (C=O) groups is 1. The van der Waals surface area contributed by atoms with Gasteiger partial charge in [0.05, 0.1) is 19.8 Å². The number of aliphatic hydroxyl groups is 2. The third-order valence-electron chi connectivity index (χ3n) is 6.89. The van der Waals surface area contributed by atoms with Gasteiger partial charge in [0.15, 0.2) is 0 Å². The van der Waals surface area contributed by atoms with E-state index in [4.69, 9.17) is 9.47 Å². The second kappa shape index (κ2) is 10.8. The number of ether oxygens (including phenoxy) is 2. The Morgan fingerprint density at radius 2 is 1.76 bits per heavy atom. The highest BCUT2D eigenvalue weighted by molar-refractivity contribution is 9.10. The van der Waals surface area contributed by atoms with E-state index in [-0.39, 0.29) is 25.6 Å². The van der Waals surface area contributed by atoms with E-state index in [9.17, 15) is 19.4 Å². The van der Waals surface area contributed by atoms with E-state index in [1.54, 1.807) is 11.8 Å². The number of amides is 1. The van der Waals surface area contributed by atoms with Crippen molar-refractivity contribution in [3.8, 4) is 11.5 Å². The lowest BCUT2D eigenvalue weighted by Crippen LogP contribution is -2.42. The van der Waals surface area contributed by atoms with Crippen LogP contribution in [0, 0.1) is 11.2 Å². The number of hydrogen-bond acceptors (Lipinski definition) is 5. The monoisotopic (exact) mass is 582 g/mol. The van der Waals surface area contributed by atoms with E-state index < -0.39 is 23.4 Å². The minimum Gasteiger partial charge on any atom is -0.493 e. The van der Waals surface area contributed by atoms with Crippen molar-refractivity contribution in [1.29, 1.82) is 0 Å². The molecule has 1 aliphatic rings. The van der Waals surface area contributed by atoms with Crippen LogP contribution >= 0.6 is 15.9 Å². The zero-order valence-corrected chi connectivity index (χ0v) is 22.4. The van der Waals surface area contributed by atoms with Crippen LogP contribution in [0.3, 0.4) is 0 Å². The number of benzene rings is 3. The van der Waals surface area contributed by atoms with Gasteiger partial charge >= 0.3 is 6.09 Å². The highest BCUT2D eigenvalue weighted by Gasteiger charge is 2.36. The number of aromatic amines is 1. The van der Waals surface area contributed by atoms with Gasteiger partial charge in [0.2, 0.25) is 0 Å². The zero-order valence-electron chi connectivity index (χ0n) is 20.8. The normalized spacial score (nSPS) is 15.4. The number of hydrogen-bond donors (Lipinski definition) is 3. The molecule has 7 nitrogen and oxygen atoms in total. The van der Waals surface area contributed by atoms with Crippen molar-refractivity contribution in [3.05, 3.63) is 93.8 Å². The first kappa shape index (κ1) is 26.2. The Labute approximate surface area is 227 Å². The van der Waals surface area contributed by atoms with E-state index >= 15 is 0 Å². The highest BCUT2D eigenvalue weighted by Crippen LogP contribution is 2.40. The van der Waals surface area contributed by atoms with Crippen LogP contribution in [0.5, 0.6) is 11.5 Å². The largest absolute Gasteiger partial charge is 0.493 e. The van der Waals surface area contributed by atoms with Gasteiger partial charge in [-0.1, -0.05) is 35.0 Å². The van der Waals surface area contributed by atoms with Crippen LogP contribution in [0.1, 0.15) is 29.8 Å². The molecule has 5 rings (SSSR count). The molecule has 1 unspecified atom stereocenters. The highest BCUT2D eigenvalue weighted by atomic mass is 79.9. The summed E-state index contributed by atoms with van der Waals surface area (Å²) in [5, 5.41) is 20.2. The van der Waals surface area contributed by atoms with Crippen LogP contribution in [0.2, 0.25) is 0 Å². The maximum absolute atomic E-state index is 13.4. The van der Waals surface area contributed by atoms with Crippen molar-refractivity contribution in [3.63, 3.8) is 0 Å². The molecule has 0 aliphatic carbocycles. The molecule has 2 heterocycles. The first-order valence-corrected chi connectivity index (χ1v) is 13.1. The summed E-state index contributed by atoms with van der Waals surface area (Å²) in [6, 6.07) is 18.4. The summed E-state index contributed by atoms with van der Waals surface area (Å²) in [6.45, 7) is 1.92. The average Bonchev–Trinajstić information content (AvgIpc) is 3.30. The van der Waals surface area contributed by atoms with Crippen molar-refractivity contribution in [2.24, 2.45) is 5.41 Å². The van der Waals surface area contributed by atoms with Crippen LogP contribution in [0.4, 0.5) is 9.18 Å². The number of carbonyl (C=O) groups excluding carboxylic acids is 1. The standard InChI is InChI=1S/C29H28BrFN2O5/c1-29(15-34,16-35)17-37-21-7-2-18(3-8-21)27-26-23(24-14-19(30)4-11-25(24)32-26)12-13-33(27)28(36)38-22-9-5-20(31)6-10-22/h2-11,14,27,32,34-35H,12-13,15-17H2,1H3. The summed E-state index contributed by atoms with van der Waals surface area (Å²) < 4.78 is 25.8. The Bertz CT molecular complexity index is 1430. The van der Waals surface area contributed by atoms with E-state index in [1.807, 2.05) is 36.4 Å². The number of rotatable bonds is 7. The van der Waals surface area contributed by atoms with Crippen molar-refractivity contribution in [2.75, 3.05) is 26.4 Å². The quantitative estimate of drug-likeness (QED) is 0.264. The molecular formula is C29H28BrFN2O5. The Hall–Kier alpha value is -3.40. The molecule has 9 heteroatoms. The predicted octanol–water partition coefficient (Wildman–Crippen LogP) is 5.59. The van der Waals surface area contributed by atoms with Gasteiger partial charge in [-0.15, -0.1) is 0 Å². The maximum atomic E-state index is 13.4. The van der Waals surface area contributed by atoms with Crippen LogP contribution < -0.4 is 9.47 Å². The van der Waals surface area contributed by atoms with Crippen LogP contribution in [0.25, 0.3) is 10.9 Å². The fraction of sp³-hybridized carbons (Fsp3) is 0.276. The van der Waals surface area contributed by atoms with E-state index in [1.165, 1.54) is 24.3 Å². The van der Waals surface area contributed by atoms with Crippen molar-refractivity contribution in [2.45, 2.75) is 19.4 Å². The Kier molecular flexibility index (Phi) is 7.43.